The number of likely N-dealkylation sites (N-methyl/N-ethyl adjacent to an activating group) is 1. The lowest BCUT2D eigenvalue weighted by molar-refractivity contribution is 0.304. The summed E-state index contributed by atoms with van der Waals surface area (Å²) in [5.41, 5.74) is 0.949. The average Bonchev–Trinajstić information content (AvgIpc) is 2.45. The van der Waals surface area contributed by atoms with Gasteiger partial charge in [-0.1, -0.05) is 13.3 Å². The highest BCUT2D eigenvalue weighted by Crippen LogP contribution is 2.16. The van der Waals surface area contributed by atoms with Crippen molar-refractivity contribution in [2.24, 2.45) is 0 Å². The fourth-order valence-corrected chi connectivity index (χ4v) is 2.47. The Morgan fingerprint density at radius 3 is 2.95 bits per heavy atom. The summed E-state index contributed by atoms with van der Waals surface area (Å²) in [7, 11) is 2.05. The predicted molar refractivity (Wildman–Crippen MR) is 81.5 cm³/mol. The third kappa shape index (κ3) is 4.34. The quantitative estimate of drug-likeness (QED) is 0.864. The van der Waals surface area contributed by atoms with E-state index in [1.54, 1.807) is 0 Å². The second kappa shape index (κ2) is 7.43. The van der Waals surface area contributed by atoms with Crippen molar-refractivity contribution in [3.05, 3.63) is 11.8 Å². The second-order valence-electron chi connectivity index (χ2n) is 5.52. The van der Waals surface area contributed by atoms with Crippen molar-refractivity contribution < 1.29 is 4.74 Å². The third-order valence-electron chi connectivity index (χ3n) is 3.52. The van der Waals surface area contributed by atoms with Crippen LogP contribution >= 0.6 is 0 Å². The Morgan fingerprint density at radius 2 is 2.25 bits per heavy atom. The number of anilines is 1. The summed E-state index contributed by atoms with van der Waals surface area (Å²) in [6.45, 7) is 6.84. The molecule has 1 aliphatic heterocycles. The molecule has 5 heteroatoms. The molecule has 0 bridgehead atoms. The van der Waals surface area contributed by atoms with E-state index in [9.17, 15) is 0 Å². The summed E-state index contributed by atoms with van der Waals surface area (Å²) in [6.07, 6.45) is 4.82. The molecule has 1 saturated heterocycles. The van der Waals surface area contributed by atoms with Crippen LogP contribution < -0.4 is 15.0 Å². The molecule has 0 saturated carbocycles. The van der Waals surface area contributed by atoms with Gasteiger partial charge < -0.3 is 15.0 Å². The Labute approximate surface area is 121 Å². The lowest BCUT2D eigenvalue weighted by Gasteiger charge is -2.28. The maximum Gasteiger partial charge on any atom is 0.228 e. The van der Waals surface area contributed by atoms with Gasteiger partial charge in [0.05, 0.1) is 6.61 Å². The molecule has 0 aromatic carbocycles. The molecule has 0 amide bonds. The Bertz CT molecular complexity index is 418. The zero-order valence-corrected chi connectivity index (χ0v) is 12.9. The van der Waals surface area contributed by atoms with E-state index in [2.05, 4.69) is 34.2 Å². The molecule has 1 aromatic heterocycles. The first kappa shape index (κ1) is 15.0. The van der Waals surface area contributed by atoms with Crippen LogP contribution in [-0.4, -0.2) is 42.8 Å². The second-order valence-corrected chi connectivity index (χ2v) is 5.52. The van der Waals surface area contributed by atoms with Crippen LogP contribution in [0, 0.1) is 6.92 Å². The summed E-state index contributed by atoms with van der Waals surface area (Å²) in [6, 6.07) is 2.43. The van der Waals surface area contributed by atoms with E-state index < -0.39 is 0 Å². The molecular weight excluding hydrogens is 252 g/mol. The molecule has 0 radical (unpaired) electrons. The van der Waals surface area contributed by atoms with E-state index in [4.69, 9.17) is 4.74 Å². The van der Waals surface area contributed by atoms with Gasteiger partial charge in [-0.3, -0.25) is 0 Å². The van der Waals surface area contributed by atoms with E-state index in [0.29, 0.717) is 18.5 Å². The van der Waals surface area contributed by atoms with Crippen LogP contribution in [0.25, 0.3) is 0 Å². The number of aromatic nitrogens is 2. The topological polar surface area (TPSA) is 50.3 Å². The number of rotatable bonds is 6. The van der Waals surface area contributed by atoms with Crippen molar-refractivity contribution in [2.45, 2.75) is 45.6 Å². The maximum atomic E-state index is 5.62. The molecule has 0 aliphatic carbocycles. The van der Waals surface area contributed by atoms with E-state index in [-0.39, 0.29) is 0 Å². The fraction of sp³-hybridized carbons (Fsp3) is 0.733. The summed E-state index contributed by atoms with van der Waals surface area (Å²) in [5, 5.41) is 3.55. The summed E-state index contributed by atoms with van der Waals surface area (Å²) >= 11 is 0. The van der Waals surface area contributed by atoms with Gasteiger partial charge in [-0.2, -0.15) is 4.98 Å². The first-order valence-electron chi connectivity index (χ1n) is 7.62. The van der Waals surface area contributed by atoms with Gasteiger partial charge in [0.25, 0.3) is 0 Å². The van der Waals surface area contributed by atoms with E-state index in [1.807, 2.05) is 13.0 Å². The van der Waals surface area contributed by atoms with Crippen LogP contribution in [0.4, 0.5) is 5.95 Å². The Hall–Kier alpha value is -1.36. The van der Waals surface area contributed by atoms with Crippen molar-refractivity contribution in [1.29, 1.82) is 0 Å². The summed E-state index contributed by atoms with van der Waals surface area (Å²) < 4.78 is 5.62. The molecule has 1 aliphatic rings. The normalized spacial score (nSPS) is 18.9. The standard InChI is InChI=1S/C15H26N4O/c1-4-9-20-14-10-12(2)17-15(18-14)19(3)11-13-7-5-6-8-16-13/h10,13,16H,4-9,11H2,1-3H3. The molecule has 2 heterocycles. The SMILES string of the molecule is CCCOc1cc(C)nc(N(C)CC2CCCCN2)n1. The first-order chi connectivity index (χ1) is 9.69. The van der Waals surface area contributed by atoms with Crippen molar-refractivity contribution in [2.75, 3.05) is 31.6 Å². The van der Waals surface area contributed by atoms with Gasteiger partial charge >= 0.3 is 0 Å². The van der Waals surface area contributed by atoms with E-state index >= 15 is 0 Å². The first-order valence-corrected chi connectivity index (χ1v) is 7.62. The Kier molecular flexibility index (Phi) is 5.59. The lowest BCUT2D eigenvalue weighted by atomic mass is 10.0. The molecule has 1 unspecified atom stereocenters. The average molecular weight is 278 g/mol. The zero-order valence-electron chi connectivity index (χ0n) is 12.9. The smallest absolute Gasteiger partial charge is 0.228 e. The van der Waals surface area contributed by atoms with Crippen molar-refractivity contribution in [3.8, 4) is 5.88 Å². The van der Waals surface area contributed by atoms with Crippen LogP contribution in [-0.2, 0) is 0 Å². The molecule has 1 atom stereocenters. The lowest BCUT2D eigenvalue weighted by Crippen LogP contribution is -2.43. The highest BCUT2D eigenvalue weighted by Gasteiger charge is 2.16. The van der Waals surface area contributed by atoms with Crippen LogP contribution in [0.15, 0.2) is 6.07 Å². The van der Waals surface area contributed by atoms with Gasteiger partial charge in [-0.15, -0.1) is 0 Å². The van der Waals surface area contributed by atoms with Gasteiger partial charge in [0, 0.05) is 31.4 Å². The minimum atomic E-state index is 0.540. The van der Waals surface area contributed by atoms with Crippen molar-refractivity contribution in [3.63, 3.8) is 0 Å². The van der Waals surface area contributed by atoms with Crippen LogP contribution in [0.3, 0.4) is 0 Å². The Morgan fingerprint density at radius 1 is 1.40 bits per heavy atom. The molecule has 112 valence electrons. The van der Waals surface area contributed by atoms with Crippen molar-refractivity contribution >= 4 is 5.95 Å². The van der Waals surface area contributed by atoms with Crippen molar-refractivity contribution in [1.82, 2.24) is 15.3 Å². The number of piperidine rings is 1. The van der Waals surface area contributed by atoms with Gasteiger partial charge in [0.1, 0.15) is 0 Å². The number of nitrogens with one attached hydrogen (secondary N) is 1. The minimum absolute atomic E-state index is 0.540. The summed E-state index contributed by atoms with van der Waals surface area (Å²) in [5.74, 6) is 1.43. The molecule has 2 rings (SSSR count). The van der Waals surface area contributed by atoms with E-state index in [0.717, 1.165) is 31.2 Å². The molecule has 1 N–H and O–H groups in total. The number of nitrogens with zero attached hydrogens (tertiary/aromatic N) is 3. The predicted octanol–water partition coefficient (Wildman–Crippen LogP) is 2.15. The number of aryl methyl sites for hydroxylation is 1. The van der Waals surface area contributed by atoms with Crippen LogP contribution in [0.2, 0.25) is 0 Å². The van der Waals surface area contributed by atoms with Gasteiger partial charge in [-0.25, -0.2) is 4.98 Å². The highest BCUT2D eigenvalue weighted by atomic mass is 16.5. The van der Waals surface area contributed by atoms with Gasteiger partial charge in [0.15, 0.2) is 0 Å². The molecule has 1 fully saturated rings. The minimum Gasteiger partial charge on any atom is -0.478 e. The number of hydrogen-bond donors (Lipinski definition) is 1. The fourth-order valence-electron chi connectivity index (χ4n) is 2.47. The number of hydrogen-bond acceptors (Lipinski definition) is 5. The molecule has 20 heavy (non-hydrogen) atoms. The molecule has 5 nitrogen and oxygen atoms in total. The van der Waals surface area contributed by atoms with Crippen LogP contribution in [0.5, 0.6) is 5.88 Å². The van der Waals surface area contributed by atoms with E-state index in [1.165, 1.54) is 19.3 Å². The molecule has 0 spiro atoms. The highest BCUT2D eigenvalue weighted by molar-refractivity contribution is 5.33. The van der Waals surface area contributed by atoms with Crippen LogP contribution in [0.1, 0.15) is 38.3 Å². The third-order valence-corrected chi connectivity index (χ3v) is 3.52. The summed E-state index contributed by atoms with van der Waals surface area (Å²) in [4.78, 5) is 11.1. The van der Waals surface area contributed by atoms with Gasteiger partial charge in [-0.05, 0) is 32.7 Å². The zero-order chi connectivity index (χ0) is 14.4. The maximum absolute atomic E-state index is 5.62. The number of ether oxygens (including phenoxy) is 1. The van der Waals surface area contributed by atoms with Gasteiger partial charge in [0.2, 0.25) is 11.8 Å². The molecular formula is C15H26N4O. The molecule has 1 aromatic rings. The Balaban J connectivity index is 2.00. The largest absolute Gasteiger partial charge is 0.478 e. The monoisotopic (exact) mass is 278 g/mol.